The number of ether oxygens (including phenoxy) is 2. The first-order chi connectivity index (χ1) is 19.0. The second-order valence-corrected chi connectivity index (χ2v) is 18.5. The van der Waals surface area contributed by atoms with Crippen molar-refractivity contribution >= 4 is 25.1 Å². The first-order valence-corrected chi connectivity index (χ1v) is 18.2. The monoisotopic (exact) mass is 567 g/mol. The van der Waals surface area contributed by atoms with Crippen LogP contribution in [0.1, 0.15) is 61.3 Å². The van der Waals surface area contributed by atoms with E-state index < -0.39 is 14.2 Å². The number of carbonyl (C=O) groups is 1. The molecule has 5 rings (SSSR count). The standard InChI is InChI=1S/C31H42FN3O4Si/c1-22(39-20-31(26-7-9-27(32)10-8-26)11-13-34(14-12-31)30(36)37)28-18-24(23-5-6-23)17-25-19-35(33-29(25)28)21-38-15-16-40(2,3)4/h7-10,17-19,22-23H,5-6,11-16,20-21H2,1-4H3,(H,36,37). The number of hydrogen-bond acceptors (Lipinski definition) is 4. The summed E-state index contributed by atoms with van der Waals surface area (Å²) in [7, 11) is -1.15. The minimum absolute atomic E-state index is 0.216. The highest BCUT2D eigenvalue weighted by Crippen LogP contribution is 2.43. The Kier molecular flexibility index (Phi) is 8.36. The zero-order valence-electron chi connectivity index (χ0n) is 24.2. The molecule has 216 valence electrons. The lowest BCUT2D eigenvalue weighted by Crippen LogP contribution is -2.47. The molecule has 2 heterocycles. The Morgan fingerprint density at radius 1 is 1.18 bits per heavy atom. The number of nitrogens with zero attached hydrogens (tertiary/aromatic N) is 3. The maximum absolute atomic E-state index is 13.8. The lowest BCUT2D eigenvalue weighted by Gasteiger charge is -2.41. The Balaban J connectivity index is 1.36. The minimum atomic E-state index is -1.15. The third-order valence-corrected chi connectivity index (χ3v) is 10.2. The zero-order chi connectivity index (χ0) is 28.5. The Bertz CT molecular complexity index is 1320. The number of likely N-dealkylation sites (tertiary alicyclic amines) is 1. The molecule has 1 aromatic heterocycles. The molecular weight excluding hydrogens is 525 g/mol. The highest BCUT2D eigenvalue weighted by atomic mass is 28.3. The van der Waals surface area contributed by atoms with Crippen molar-refractivity contribution in [3.63, 3.8) is 0 Å². The van der Waals surface area contributed by atoms with Gasteiger partial charge in [0.15, 0.2) is 0 Å². The molecule has 1 N–H and O–H groups in total. The van der Waals surface area contributed by atoms with Crippen molar-refractivity contribution < 1.29 is 23.8 Å². The summed E-state index contributed by atoms with van der Waals surface area (Å²) >= 11 is 0. The molecule has 1 unspecified atom stereocenters. The van der Waals surface area contributed by atoms with Gasteiger partial charge in [-0.3, -0.25) is 0 Å². The third-order valence-electron chi connectivity index (χ3n) is 8.47. The number of carboxylic acid groups (broad SMARTS) is 1. The molecule has 2 fully saturated rings. The van der Waals surface area contributed by atoms with E-state index in [1.165, 1.54) is 35.4 Å². The predicted molar refractivity (Wildman–Crippen MR) is 157 cm³/mol. The molecule has 1 atom stereocenters. The van der Waals surface area contributed by atoms with Crippen LogP contribution in [0.5, 0.6) is 0 Å². The molecule has 1 aliphatic carbocycles. The van der Waals surface area contributed by atoms with Gasteiger partial charge in [0.1, 0.15) is 12.5 Å². The van der Waals surface area contributed by atoms with Crippen LogP contribution >= 0.6 is 0 Å². The average molecular weight is 568 g/mol. The second kappa shape index (κ2) is 11.6. The van der Waals surface area contributed by atoms with Crippen LogP contribution in [0, 0.1) is 5.82 Å². The fourth-order valence-corrected chi connectivity index (χ4v) is 6.38. The second-order valence-electron chi connectivity index (χ2n) is 12.8. The van der Waals surface area contributed by atoms with Gasteiger partial charge in [0.2, 0.25) is 0 Å². The van der Waals surface area contributed by atoms with Gasteiger partial charge >= 0.3 is 6.09 Å². The van der Waals surface area contributed by atoms with Crippen molar-refractivity contribution in [3.8, 4) is 0 Å². The Labute approximate surface area is 237 Å². The van der Waals surface area contributed by atoms with Gasteiger partial charge in [0.25, 0.3) is 0 Å². The topological polar surface area (TPSA) is 76.8 Å². The van der Waals surface area contributed by atoms with Crippen molar-refractivity contribution in [2.45, 2.75) is 82.5 Å². The van der Waals surface area contributed by atoms with E-state index in [4.69, 9.17) is 14.6 Å². The molecule has 7 nitrogen and oxygen atoms in total. The molecule has 1 aliphatic heterocycles. The van der Waals surface area contributed by atoms with Crippen LogP contribution in [-0.2, 0) is 21.6 Å². The summed E-state index contributed by atoms with van der Waals surface area (Å²) in [5.74, 6) is 0.313. The molecule has 2 aromatic carbocycles. The number of benzene rings is 2. The van der Waals surface area contributed by atoms with Gasteiger partial charge in [-0.1, -0.05) is 37.8 Å². The quantitative estimate of drug-likeness (QED) is 0.197. The van der Waals surface area contributed by atoms with Crippen molar-refractivity contribution in [2.24, 2.45) is 0 Å². The minimum Gasteiger partial charge on any atom is -0.465 e. The van der Waals surface area contributed by atoms with E-state index in [1.807, 2.05) is 16.8 Å². The Hall–Kier alpha value is -2.75. The van der Waals surface area contributed by atoms with Crippen molar-refractivity contribution in [1.29, 1.82) is 0 Å². The van der Waals surface area contributed by atoms with Gasteiger partial charge in [0.05, 0.1) is 18.2 Å². The van der Waals surface area contributed by atoms with Crippen molar-refractivity contribution in [3.05, 3.63) is 65.1 Å². The number of piperidine rings is 1. The number of rotatable bonds is 11. The number of hydrogen-bond donors (Lipinski definition) is 1. The van der Waals surface area contributed by atoms with E-state index in [-0.39, 0.29) is 17.3 Å². The largest absolute Gasteiger partial charge is 0.465 e. The molecule has 9 heteroatoms. The molecule has 40 heavy (non-hydrogen) atoms. The summed E-state index contributed by atoms with van der Waals surface area (Å²) in [6, 6.07) is 12.2. The van der Waals surface area contributed by atoms with E-state index in [1.54, 1.807) is 0 Å². The van der Waals surface area contributed by atoms with Gasteiger partial charge in [-0.25, -0.2) is 13.9 Å². The van der Waals surface area contributed by atoms with E-state index in [0.29, 0.717) is 45.2 Å². The van der Waals surface area contributed by atoms with E-state index in [9.17, 15) is 14.3 Å². The number of fused-ring (bicyclic) bond motifs is 1. The first-order valence-electron chi connectivity index (χ1n) is 14.5. The molecule has 1 saturated heterocycles. The molecule has 1 amide bonds. The summed E-state index contributed by atoms with van der Waals surface area (Å²) in [5.41, 5.74) is 3.94. The van der Waals surface area contributed by atoms with Gasteiger partial charge < -0.3 is 19.5 Å². The summed E-state index contributed by atoms with van der Waals surface area (Å²) in [4.78, 5) is 13.0. The van der Waals surface area contributed by atoms with Crippen LogP contribution in [0.25, 0.3) is 10.9 Å². The van der Waals surface area contributed by atoms with Gasteiger partial charge in [-0.05, 0) is 73.9 Å². The van der Waals surface area contributed by atoms with Crippen LogP contribution < -0.4 is 0 Å². The molecule has 0 radical (unpaired) electrons. The highest BCUT2D eigenvalue weighted by Gasteiger charge is 2.38. The summed E-state index contributed by atoms with van der Waals surface area (Å²) in [6.45, 7) is 11.6. The first kappa shape index (κ1) is 28.8. The average Bonchev–Trinajstić information content (AvgIpc) is 3.68. The molecule has 3 aromatic rings. The number of amides is 1. The van der Waals surface area contributed by atoms with E-state index in [0.717, 1.165) is 34.7 Å². The fourth-order valence-electron chi connectivity index (χ4n) is 5.62. The predicted octanol–water partition coefficient (Wildman–Crippen LogP) is 7.15. The molecule has 2 aliphatic rings. The SMILES string of the molecule is CC(OCC1(c2ccc(F)cc2)CCN(C(=O)O)CC1)c1cc(C2CC2)cc2cn(COCC[Si](C)(C)C)nc12. The summed E-state index contributed by atoms with van der Waals surface area (Å²) in [5, 5.41) is 15.5. The number of halogens is 1. The molecule has 0 spiro atoms. The Morgan fingerprint density at radius 3 is 2.50 bits per heavy atom. The molecule has 0 bridgehead atoms. The maximum Gasteiger partial charge on any atom is 0.407 e. The van der Waals surface area contributed by atoms with Crippen molar-refractivity contribution in [1.82, 2.24) is 14.7 Å². The van der Waals surface area contributed by atoms with Crippen LogP contribution in [0.15, 0.2) is 42.6 Å². The van der Waals surface area contributed by atoms with Crippen LogP contribution in [0.3, 0.4) is 0 Å². The summed E-state index contributed by atoms with van der Waals surface area (Å²) in [6.07, 6.45) is 4.63. The third kappa shape index (κ3) is 6.75. The van der Waals surface area contributed by atoms with Gasteiger partial charge in [0, 0.05) is 50.3 Å². The lowest BCUT2D eigenvalue weighted by atomic mass is 9.73. The van der Waals surface area contributed by atoms with E-state index >= 15 is 0 Å². The van der Waals surface area contributed by atoms with Gasteiger partial charge in [-0.2, -0.15) is 5.10 Å². The van der Waals surface area contributed by atoms with Crippen molar-refractivity contribution in [2.75, 3.05) is 26.3 Å². The summed E-state index contributed by atoms with van der Waals surface area (Å²) < 4.78 is 28.2. The maximum atomic E-state index is 13.8. The molecule has 1 saturated carbocycles. The highest BCUT2D eigenvalue weighted by molar-refractivity contribution is 6.76. The normalized spacial score (nSPS) is 18.3. The smallest absolute Gasteiger partial charge is 0.407 e. The lowest BCUT2D eigenvalue weighted by molar-refractivity contribution is 0.00550. The zero-order valence-corrected chi connectivity index (χ0v) is 25.2. The number of aromatic nitrogens is 2. The van der Waals surface area contributed by atoms with Crippen LogP contribution in [-0.4, -0.2) is 60.3 Å². The Morgan fingerprint density at radius 2 is 1.88 bits per heavy atom. The molecular formula is C31H42FN3O4Si. The van der Waals surface area contributed by atoms with Crippen LogP contribution in [0.4, 0.5) is 9.18 Å². The van der Waals surface area contributed by atoms with Gasteiger partial charge in [-0.15, -0.1) is 0 Å². The van der Waals surface area contributed by atoms with E-state index in [2.05, 4.69) is 44.9 Å². The fraction of sp³-hybridized carbons (Fsp3) is 0.548. The van der Waals surface area contributed by atoms with Crippen LogP contribution in [0.2, 0.25) is 25.7 Å².